The average molecular weight is 391 g/mol. The summed E-state index contributed by atoms with van der Waals surface area (Å²) in [5.74, 6) is 2.35. The highest BCUT2D eigenvalue weighted by Crippen LogP contribution is 2.17. The summed E-state index contributed by atoms with van der Waals surface area (Å²) in [4.78, 5) is 18.0. The van der Waals surface area contributed by atoms with Gasteiger partial charge in [-0.05, 0) is 32.6 Å². The molecule has 2 heterocycles. The van der Waals surface area contributed by atoms with Crippen LogP contribution in [0.2, 0.25) is 0 Å². The van der Waals surface area contributed by atoms with Crippen LogP contribution in [0.25, 0.3) is 0 Å². The molecule has 1 aliphatic carbocycles. The highest BCUT2D eigenvalue weighted by molar-refractivity contribution is 5.80. The van der Waals surface area contributed by atoms with E-state index in [4.69, 9.17) is 10.7 Å². The average Bonchev–Trinajstić information content (AvgIpc) is 3.00. The molecule has 3 rings (SSSR count). The molecule has 2 aliphatic rings. The molecule has 156 valence electrons. The third kappa shape index (κ3) is 5.92. The van der Waals surface area contributed by atoms with Crippen molar-refractivity contribution in [1.29, 1.82) is 0 Å². The summed E-state index contributed by atoms with van der Waals surface area (Å²) >= 11 is 0. The number of carbonyl (C=O) groups excluding carboxylic acids is 1. The van der Waals surface area contributed by atoms with Gasteiger partial charge in [-0.3, -0.25) is 9.69 Å². The van der Waals surface area contributed by atoms with E-state index in [1.54, 1.807) is 0 Å². The molecule has 1 saturated carbocycles. The van der Waals surface area contributed by atoms with Crippen molar-refractivity contribution in [2.75, 3.05) is 19.6 Å². The predicted molar refractivity (Wildman–Crippen MR) is 109 cm³/mol. The van der Waals surface area contributed by atoms with E-state index in [2.05, 4.69) is 25.7 Å². The molecule has 0 radical (unpaired) electrons. The monoisotopic (exact) mass is 390 g/mol. The fraction of sp³-hybridized carbons (Fsp3) is 0.789. The Morgan fingerprint density at radius 3 is 2.32 bits per heavy atom. The van der Waals surface area contributed by atoms with Gasteiger partial charge in [0.15, 0.2) is 11.8 Å². The molecule has 0 unspecified atom stereocenters. The minimum Gasteiger partial charge on any atom is -0.369 e. The molecule has 0 spiro atoms. The van der Waals surface area contributed by atoms with E-state index in [-0.39, 0.29) is 5.91 Å². The Morgan fingerprint density at radius 1 is 1.11 bits per heavy atom. The summed E-state index contributed by atoms with van der Waals surface area (Å²) < 4.78 is 1.98. The molecule has 1 aliphatic heterocycles. The van der Waals surface area contributed by atoms with Crippen LogP contribution in [0.5, 0.6) is 0 Å². The summed E-state index contributed by atoms with van der Waals surface area (Å²) in [6.07, 6.45) is 8.22. The predicted octanol–water partition coefficient (Wildman–Crippen LogP) is 0.441. The molecule has 1 aromatic rings. The molecule has 1 amide bonds. The van der Waals surface area contributed by atoms with Gasteiger partial charge in [-0.15, -0.1) is 10.2 Å². The van der Waals surface area contributed by atoms with Crippen molar-refractivity contribution in [2.45, 2.75) is 70.5 Å². The standard InChI is InChI=1S/C19H34N8O/c1-14-24-25-18(26(14)2)12-21-19(22-15-6-4-3-5-7-15)23-16-8-10-27(11-9-16)13-17(20)28/h15-16H,3-13H2,1-2H3,(H2,20,28)(H2,21,22,23). The van der Waals surface area contributed by atoms with Crippen molar-refractivity contribution in [3.05, 3.63) is 11.6 Å². The molecule has 0 bridgehead atoms. The summed E-state index contributed by atoms with van der Waals surface area (Å²) in [5.41, 5.74) is 5.31. The Labute approximate surface area is 167 Å². The Morgan fingerprint density at radius 2 is 1.75 bits per heavy atom. The lowest BCUT2D eigenvalue weighted by atomic mass is 9.95. The zero-order valence-corrected chi connectivity index (χ0v) is 17.2. The van der Waals surface area contributed by atoms with Crippen LogP contribution in [0, 0.1) is 6.92 Å². The number of guanidine groups is 1. The van der Waals surface area contributed by atoms with Gasteiger partial charge in [-0.2, -0.15) is 0 Å². The summed E-state index contributed by atoms with van der Waals surface area (Å²) in [6, 6.07) is 0.830. The van der Waals surface area contributed by atoms with Gasteiger partial charge < -0.3 is 20.9 Å². The number of hydrogen-bond donors (Lipinski definition) is 3. The number of hydrogen-bond acceptors (Lipinski definition) is 5. The maximum atomic E-state index is 11.1. The van der Waals surface area contributed by atoms with Crippen LogP contribution >= 0.6 is 0 Å². The topological polar surface area (TPSA) is 113 Å². The van der Waals surface area contributed by atoms with E-state index in [0.717, 1.165) is 43.5 Å². The third-order valence-corrected chi connectivity index (χ3v) is 5.82. The van der Waals surface area contributed by atoms with Crippen molar-refractivity contribution in [2.24, 2.45) is 17.8 Å². The summed E-state index contributed by atoms with van der Waals surface area (Å²) in [6.45, 7) is 4.54. The first-order valence-corrected chi connectivity index (χ1v) is 10.4. The number of amides is 1. The van der Waals surface area contributed by atoms with Crippen molar-refractivity contribution in [3.8, 4) is 0 Å². The van der Waals surface area contributed by atoms with Crippen LogP contribution in [0.4, 0.5) is 0 Å². The van der Waals surface area contributed by atoms with E-state index >= 15 is 0 Å². The minimum atomic E-state index is -0.258. The van der Waals surface area contributed by atoms with Crippen molar-refractivity contribution in [1.82, 2.24) is 30.3 Å². The number of rotatable bonds is 6. The molecule has 2 fully saturated rings. The Hall–Kier alpha value is -2.16. The first-order valence-electron chi connectivity index (χ1n) is 10.4. The van der Waals surface area contributed by atoms with Crippen LogP contribution < -0.4 is 16.4 Å². The van der Waals surface area contributed by atoms with Gasteiger partial charge in [0, 0.05) is 32.2 Å². The smallest absolute Gasteiger partial charge is 0.231 e. The van der Waals surface area contributed by atoms with E-state index in [0.29, 0.717) is 25.2 Å². The fourth-order valence-electron chi connectivity index (χ4n) is 3.96. The number of likely N-dealkylation sites (tertiary alicyclic amines) is 1. The maximum absolute atomic E-state index is 11.1. The number of nitrogens with two attached hydrogens (primary N) is 1. The molecule has 4 N–H and O–H groups in total. The Kier molecular flexibility index (Phi) is 7.24. The quantitative estimate of drug-likeness (QED) is 0.480. The van der Waals surface area contributed by atoms with Crippen LogP contribution in [0.15, 0.2) is 4.99 Å². The number of nitrogens with one attached hydrogen (secondary N) is 2. The van der Waals surface area contributed by atoms with E-state index < -0.39 is 0 Å². The third-order valence-electron chi connectivity index (χ3n) is 5.82. The second-order valence-corrected chi connectivity index (χ2v) is 8.03. The highest BCUT2D eigenvalue weighted by atomic mass is 16.1. The first kappa shape index (κ1) is 20.6. The van der Waals surface area contributed by atoms with Gasteiger partial charge >= 0.3 is 0 Å². The number of carbonyl (C=O) groups is 1. The van der Waals surface area contributed by atoms with Crippen molar-refractivity contribution in [3.63, 3.8) is 0 Å². The lowest BCUT2D eigenvalue weighted by Gasteiger charge is -2.33. The Balaban J connectivity index is 1.60. The first-order chi connectivity index (χ1) is 13.5. The molecule has 0 atom stereocenters. The highest BCUT2D eigenvalue weighted by Gasteiger charge is 2.22. The summed E-state index contributed by atoms with van der Waals surface area (Å²) in [7, 11) is 1.97. The maximum Gasteiger partial charge on any atom is 0.231 e. The molecule has 0 aromatic carbocycles. The van der Waals surface area contributed by atoms with E-state index in [1.807, 2.05) is 18.5 Å². The zero-order chi connectivity index (χ0) is 19.9. The van der Waals surface area contributed by atoms with Crippen LogP contribution in [-0.2, 0) is 18.4 Å². The lowest BCUT2D eigenvalue weighted by Crippen LogP contribution is -2.52. The second kappa shape index (κ2) is 9.86. The van der Waals surface area contributed by atoms with Gasteiger partial charge in [0.05, 0.1) is 6.54 Å². The molecule has 9 nitrogen and oxygen atoms in total. The largest absolute Gasteiger partial charge is 0.369 e. The van der Waals surface area contributed by atoms with E-state index in [1.165, 1.54) is 32.1 Å². The Bertz CT molecular complexity index is 671. The molecule has 9 heteroatoms. The molecular formula is C19H34N8O. The fourth-order valence-corrected chi connectivity index (χ4v) is 3.96. The van der Waals surface area contributed by atoms with Crippen LogP contribution in [-0.4, -0.2) is 63.2 Å². The molecule has 1 aromatic heterocycles. The number of aryl methyl sites for hydroxylation is 1. The van der Waals surface area contributed by atoms with Gasteiger partial charge in [0.2, 0.25) is 5.91 Å². The number of piperidine rings is 1. The number of aliphatic imine (C=N–C) groups is 1. The summed E-state index contributed by atoms with van der Waals surface area (Å²) in [5, 5.41) is 15.6. The van der Waals surface area contributed by atoms with Gasteiger partial charge in [0.1, 0.15) is 12.4 Å². The SMILES string of the molecule is Cc1nnc(CN=C(NC2CCCCC2)NC2CCN(CC(N)=O)CC2)n1C. The normalized spacial score (nSPS) is 20.3. The zero-order valence-electron chi connectivity index (χ0n) is 17.2. The van der Waals surface area contributed by atoms with Crippen molar-refractivity contribution >= 4 is 11.9 Å². The van der Waals surface area contributed by atoms with Crippen molar-refractivity contribution < 1.29 is 4.79 Å². The van der Waals surface area contributed by atoms with Gasteiger partial charge in [-0.25, -0.2) is 4.99 Å². The molecule has 1 saturated heterocycles. The van der Waals surface area contributed by atoms with E-state index in [9.17, 15) is 4.79 Å². The number of aromatic nitrogens is 3. The van der Waals surface area contributed by atoms with Crippen LogP contribution in [0.3, 0.4) is 0 Å². The molecule has 28 heavy (non-hydrogen) atoms. The second-order valence-electron chi connectivity index (χ2n) is 8.03. The van der Waals surface area contributed by atoms with Gasteiger partial charge in [-0.1, -0.05) is 19.3 Å². The lowest BCUT2D eigenvalue weighted by molar-refractivity contribution is -0.119. The number of nitrogens with zero attached hydrogens (tertiary/aromatic N) is 5. The number of primary amides is 1. The van der Waals surface area contributed by atoms with Crippen LogP contribution in [0.1, 0.15) is 56.6 Å². The minimum absolute atomic E-state index is 0.258. The molecular weight excluding hydrogens is 356 g/mol. The van der Waals surface area contributed by atoms with Gasteiger partial charge in [0.25, 0.3) is 0 Å².